The summed E-state index contributed by atoms with van der Waals surface area (Å²) in [5.74, 6) is -0.786. The van der Waals surface area contributed by atoms with Crippen LogP contribution in [0.3, 0.4) is 0 Å². The highest BCUT2D eigenvalue weighted by molar-refractivity contribution is 6.05. The number of ether oxygens (including phenoxy) is 1. The van der Waals surface area contributed by atoms with Gasteiger partial charge in [0.15, 0.2) is 6.61 Å². The quantitative estimate of drug-likeness (QED) is 0.662. The van der Waals surface area contributed by atoms with Gasteiger partial charge in [0, 0.05) is 22.9 Å². The lowest BCUT2D eigenvalue weighted by molar-refractivity contribution is -0.139. The minimum atomic E-state index is -1.06. The van der Waals surface area contributed by atoms with E-state index in [-0.39, 0.29) is 17.7 Å². The largest absolute Gasteiger partial charge is 0.481 e. The number of amides is 2. The number of carboxylic acid groups (broad SMARTS) is 1. The first-order chi connectivity index (χ1) is 13.7. The number of carbonyl (C=O) groups is 3. The van der Waals surface area contributed by atoms with Crippen LogP contribution in [0.1, 0.15) is 39.9 Å². The summed E-state index contributed by atoms with van der Waals surface area (Å²) < 4.78 is 5.31. The van der Waals surface area contributed by atoms with Crippen molar-refractivity contribution in [1.29, 1.82) is 0 Å². The predicted molar refractivity (Wildman–Crippen MR) is 110 cm³/mol. The van der Waals surface area contributed by atoms with Crippen molar-refractivity contribution >= 4 is 29.2 Å². The molecule has 1 fully saturated rings. The standard InChI is InChI=1S/C22H24N2O5/c1-12-4-7-17(23-21(27)15-5-6-15)10-18(12)24-22(28)16-8-13(2)20(14(3)9-16)29-11-19(25)26/h4,7-10,15H,5-6,11H2,1-3H3,(H,23,27)(H,24,28)(H,25,26). The first-order valence-corrected chi connectivity index (χ1v) is 9.43. The number of aryl methyl sites for hydroxylation is 3. The van der Waals surface area contributed by atoms with Gasteiger partial charge in [0.2, 0.25) is 5.91 Å². The third-order valence-electron chi connectivity index (χ3n) is 4.76. The molecule has 1 aliphatic rings. The van der Waals surface area contributed by atoms with E-state index in [1.54, 1.807) is 32.0 Å². The van der Waals surface area contributed by atoms with E-state index >= 15 is 0 Å². The summed E-state index contributed by atoms with van der Waals surface area (Å²) in [6, 6.07) is 8.73. The maximum absolute atomic E-state index is 12.8. The molecule has 0 aliphatic heterocycles. The van der Waals surface area contributed by atoms with Gasteiger partial charge in [-0.1, -0.05) is 6.07 Å². The molecule has 0 saturated heterocycles. The smallest absolute Gasteiger partial charge is 0.341 e. The number of anilines is 2. The molecule has 7 nitrogen and oxygen atoms in total. The van der Waals surface area contributed by atoms with Gasteiger partial charge in [-0.3, -0.25) is 9.59 Å². The average molecular weight is 396 g/mol. The average Bonchev–Trinajstić information content (AvgIpc) is 3.48. The van der Waals surface area contributed by atoms with Gasteiger partial charge in [-0.2, -0.15) is 0 Å². The molecule has 1 aliphatic carbocycles. The number of aliphatic carboxylic acids is 1. The SMILES string of the molecule is Cc1ccc(NC(=O)C2CC2)cc1NC(=O)c1cc(C)c(OCC(=O)O)c(C)c1. The summed E-state index contributed by atoms with van der Waals surface area (Å²) in [4.78, 5) is 35.5. The monoisotopic (exact) mass is 396 g/mol. The minimum absolute atomic E-state index is 0.00864. The Labute approximate surface area is 169 Å². The van der Waals surface area contributed by atoms with Crippen molar-refractivity contribution in [3.05, 3.63) is 52.6 Å². The zero-order valence-corrected chi connectivity index (χ0v) is 16.7. The first kappa shape index (κ1) is 20.4. The molecule has 2 aromatic rings. The Bertz CT molecular complexity index is 956. The van der Waals surface area contributed by atoms with E-state index in [0.29, 0.717) is 33.8 Å². The van der Waals surface area contributed by atoms with Crippen LogP contribution in [0.15, 0.2) is 30.3 Å². The van der Waals surface area contributed by atoms with Crippen LogP contribution in [-0.2, 0) is 9.59 Å². The summed E-state index contributed by atoms with van der Waals surface area (Å²) in [6.07, 6.45) is 1.85. The molecule has 0 spiro atoms. The first-order valence-electron chi connectivity index (χ1n) is 9.43. The van der Waals surface area contributed by atoms with Gasteiger partial charge in [0.1, 0.15) is 5.75 Å². The summed E-state index contributed by atoms with van der Waals surface area (Å²) in [5.41, 5.74) is 3.93. The minimum Gasteiger partial charge on any atom is -0.481 e. The number of hydrogen-bond acceptors (Lipinski definition) is 4. The summed E-state index contributed by atoms with van der Waals surface area (Å²) in [6.45, 7) is 4.97. The Morgan fingerprint density at radius 3 is 2.24 bits per heavy atom. The molecule has 1 saturated carbocycles. The topological polar surface area (TPSA) is 105 Å². The molecular weight excluding hydrogens is 372 g/mol. The van der Waals surface area contributed by atoms with E-state index in [0.717, 1.165) is 18.4 Å². The zero-order chi connectivity index (χ0) is 21.1. The molecule has 0 unspecified atom stereocenters. The molecule has 2 aromatic carbocycles. The molecule has 0 aromatic heterocycles. The Kier molecular flexibility index (Phi) is 5.87. The van der Waals surface area contributed by atoms with E-state index in [9.17, 15) is 14.4 Å². The fourth-order valence-electron chi connectivity index (χ4n) is 3.06. The molecule has 7 heteroatoms. The van der Waals surface area contributed by atoms with Crippen molar-refractivity contribution in [2.75, 3.05) is 17.2 Å². The van der Waals surface area contributed by atoms with Crippen LogP contribution in [0, 0.1) is 26.7 Å². The molecule has 0 radical (unpaired) electrons. The van der Waals surface area contributed by atoms with Crippen LogP contribution in [0.25, 0.3) is 0 Å². The lowest BCUT2D eigenvalue weighted by Gasteiger charge is -2.14. The Morgan fingerprint density at radius 2 is 1.66 bits per heavy atom. The maximum atomic E-state index is 12.8. The second-order valence-electron chi connectivity index (χ2n) is 7.37. The van der Waals surface area contributed by atoms with Gasteiger partial charge < -0.3 is 20.5 Å². The third kappa shape index (κ3) is 5.13. The molecule has 3 N–H and O–H groups in total. The highest BCUT2D eigenvalue weighted by atomic mass is 16.5. The van der Waals surface area contributed by atoms with Crippen LogP contribution >= 0.6 is 0 Å². The molecule has 0 heterocycles. The van der Waals surface area contributed by atoms with Gasteiger partial charge in [0.25, 0.3) is 5.91 Å². The van der Waals surface area contributed by atoms with Crippen LogP contribution in [0.4, 0.5) is 11.4 Å². The molecule has 152 valence electrons. The van der Waals surface area contributed by atoms with E-state index in [1.807, 2.05) is 19.1 Å². The van der Waals surface area contributed by atoms with Crippen LogP contribution < -0.4 is 15.4 Å². The number of benzene rings is 2. The Hall–Kier alpha value is -3.35. The highest BCUT2D eigenvalue weighted by Gasteiger charge is 2.29. The van der Waals surface area contributed by atoms with E-state index in [2.05, 4.69) is 10.6 Å². The molecule has 0 atom stereocenters. The number of nitrogens with one attached hydrogen (secondary N) is 2. The number of rotatable bonds is 7. The molecular formula is C22H24N2O5. The lowest BCUT2D eigenvalue weighted by atomic mass is 10.0. The molecule has 3 rings (SSSR count). The van der Waals surface area contributed by atoms with Gasteiger partial charge >= 0.3 is 5.97 Å². The van der Waals surface area contributed by atoms with Crippen molar-refractivity contribution in [1.82, 2.24) is 0 Å². The van der Waals surface area contributed by atoms with Crippen molar-refractivity contribution < 1.29 is 24.2 Å². The van der Waals surface area contributed by atoms with E-state index in [1.165, 1.54) is 0 Å². The van der Waals surface area contributed by atoms with E-state index < -0.39 is 12.6 Å². The van der Waals surface area contributed by atoms with Crippen LogP contribution in [0.2, 0.25) is 0 Å². The summed E-state index contributed by atoms with van der Waals surface area (Å²) in [5, 5.41) is 14.5. The highest BCUT2D eigenvalue weighted by Crippen LogP contribution is 2.31. The van der Waals surface area contributed by atoms with Crippen molar-refractivity contribution in [3.8, 4) is 5.75 Å². The van der Waals surface area contributed by atoms with Gasteiger partial charge in [0.05, 0.1) is 0 Å². The van der Waals surface area contributed by atoms with Gasteiger partial charge in [-0.05, 0) is 74.6 Å². The maximum Gasteiger partial charge on any atom is 0.341 e. The van der Waals surface area contributed by atoms with Crippen LogP contribution in [0.5, 0.6) is 5.75 Å². The second-order valence-corrected chi connectivity index (χ2v) is 7.37. The summed E-state index contributed by atoms with van der Waals surface area (Å²) >= 11 is 0. The van der Waals surface area contributed by atoms with Crippen LogP contribution in [-0.4, -0.2) is 29.5 Å². The summed E-state index contributed by atoms with van der Waals surface area (Å²) in [7, 11) is 0. The number of carbonyl (C=O) groups excluding carboxylic acids is 2. The molecule has 0 bridgehead atoms. The van der Waals surface area contributed by atoms with Crippen molar-refractivity contribution in [3.63, 3.8) is 0 Å². The molecule has 2 amide bonds. The Balaban J connectivity index is 1.75. The van der Waals surface area contributed by atoms with Crippen molar-refractivity contribution in [2.45, 2.75) is 33.6 Å². The molecule has 29 heavy (non-hydrogen) atoms. The zero-order valence-electron chi connectivity index (χ0n) is 16.7. The van der Waals surface area contributed by atoms with Crippen molar-refractivity contribution in [2.24, 2.45) is 5.92 Å². The Morgan fingerprint density at radius 1 is 1.00 bits per heavy atom. The predicted octanol–water partition coefficient (Wildman–Crippen LogP) is 3.68. The van der Waals surface area contributed by atoms with E-state index in [4.69, 9.17) is 9.84 Å². The number of carboxylic acids is 1. The third-order valence-corrected chi connectivity index (χ3v) is 4.76. The fourth-order valence-corrected chi connectivity index (χ4v) is 3.06. The lowest BCUT2D eigenvalue weighted by Crippen LogP contribution is -2.16. The normalized spacial score (nSPS) is 12.9. The van der Waals surface area contributed by atoms with Gasteiger partial charge in [-0.25, -0.2) is 4.79 Å². The number of hydrogen-bond donors (Lipinski definition) is 3. The fraction of sp³-hybridized carbons (Fsp3) is 0.318. The second kappa shape index (κ2) is 8.34. The van der Waals surface area contributed by atoms with Gasteiger partial charge in [-0.15, -0.1) is 0 Å².